The summed E-state index contributed by atoms with van der Waals surface area (Å²) in [7, 11) is 1.80. The molecule has 0 radical (unpaired) electrons. The topological polar surface area (TPSA) is 43.8 Å². The van der Waals surface area contributed by atoms with E-state index in [0.29, 0.717) is 23.2 Å². The van der Waals surface area contributed by atoms with Gasteiger partial charge in [0.05, 0.1) is 6.54 Å². The molecule has 0 fully saturated rings. The van der Waals surface area contributed by atoms with E-state index in [2.05, 4.69) is 4.98 Å². The Bertz CT molecular complexity index is 505. The first-order chi connectivity index (χ1) is 7.63. The van der Waals surface area contributed by atoms with Crippen molar-refractivity contribution in [3.63, 3.8) is 0 Å². The van der Waals surface area contributed by atoms with Gasteiger partial charge in [0.2, 0.25) is 0 Å². The Morgan fingerprint density at radius 2 is 2.00 bits per heavy atom. The van der Waals surface area contributed by atoms with Crippen LogP contribution in [-0.4, -0.2) is 9.55 Å². The normalized spacial score (nSPS) is 10.8. The van der Waals surface area contributed by atoms with Crippen LogP contribution >= 0.6 is 11.6 Å². The average Bonchev–Trinajstić information content (AvgIpc) is 2.57. The minimum Gasteiger partial charge on any atom is -0.324 e. The zero-order valence-corrected chi connectivity index (χ0v) is 9.50. The maximum Gasteiger partial charge on any atom is 0.136 e. The molecule has 16 heavy (non-hydrogen) atoms. The molecule has 2 aromatic rings. The summed E-state index contributed by atoms with van der Waals surface area (Å²) < 4.78 is 14.5. The second kappa shape index (κ2) is 4.23. The van der Waals surface area contributed by atoms with Crippen molar-refractivity contribution in [3.8, 4) is 11.3 Å². The Labute approximate surface area is 97.7 Å². The molecule has 0 bridgehead atoms. The van der Waals surface area contributed by atoms with Crippen molar-refractivity contribution < 1.29 is 4.39 Å². The molecule has 0 saturated carbocycles. The fraction of sp³-hybridized carbons (Fsp3) is 0.182. The monoisotopic (exact) mass is 239 g/mol. The highest BCUT2D eigenvalue weighted by Crippen LogP contribution is 2.27. The third-order valence-electron chi connectivity index (χ3n) is 2.42. The molecule has 0 atom stereocenters. The lowest BCUT2D eigenvalue weighted by molar-refractivity contribution is 0.628. The maximum absolute atomic E-state index is 12.8. The average molecular weight is 240 g/mol. The molecule has 5 heteroatoms. The van der Waals surface area contributed by atoms with Crippen molar-refractivity contribution in [2.45, 2.75) is 6.54 Å². The van der Waals surface area contributed by atoms with Gasteiger partial charge in [-0.3, -0.25) is 0 Å². The minimum absolute atomic E-state index is 0.283. The van der Waals surface area contributed by atoms with Crippen LogP contribution < -0.4 is 5.73 Å². The van der Waals surface area contributed by atoms with Gasteiger partial charge in [0.25, 0.3) is 0 Å². The summed E-state index contributed by atoms with van der Waals surface area (Å²) in [5.74, 6) is 0.416. The van der Waals surface area contributed by atoms with E-state index in [0.717, 1.165) is 5.56 Å². The molecule has 0 spiro atoms. The van der Waals surface area contributed by atoms with E-state index in [1.165, 1.54) is 12.1 Å². The molecule has 2 rings (SSSR count). The van der Waals surface area contributed by atoms with Gasteiger partial charge in [0, 0.05) is 12.6 Å². The predicted molar refractivity (Wildman–Crippen MR) is 61.5 cm³/mol. The molecule has 1 aromatic heterocycles. The van der Waals surface area contributed by atoms with Crippen molar-refractivity contribution in [1.82, 2.24) is 9.55 Å². The van der Waals surface area contributed by atoms with Crippen LogP contribution in [0.4, 0.5) is 4.39 Å². The molecular weight excluding hydrogens is 229 g/mol. The molecule has 0 aliphatic rings. The van der Waals surface area contributed by atoms with E-state index in [-0.39, 0.29) is 5.82 Å². The number of halogens is 2. The number of nitrogens with two attached hydrogens (primary N) is 1. The van der Waals surface area contributed by atoms with Gasteiger partial charge >= 0.3 is 0 Å². The summed E-state index contributed by atoms with van der Waals surface area (Å²) in [5, 5.41) is 0.507. The first-order valence-corrected chi connectivity index (χ1v) is 5.18. The van der Waals surface area contributed by atoms with E-state index in [4.69, 9.17) is 17.3 Å². The second-order valence-electron chi connectivity index (χ2n) is 3.44. The molecule has 0 amide bonds. The number of imidazole rings is 1. The second-order valence-corrected chi connectivity index (χ2v) is 3.80. The molecule has 0 aliphatic carbocycles. The molecule has 84 valence electrons. The fourth-order valence-electron chi connectivity index (χ4n) is 1.50. The van der Waals surface area contributed by atoms with Crippen LogP contribution in [0.1, 0.15) is 5.82 Å². The number of aromatic nitrogens is 2. The van der Waals surface area contributed by atoms with Crippen molar-refractivity contribution in [1.29, 1.82) is 0 Å². The lowest BCUT2D eigenvalue weighted by atomic mass is 10.2. The summed E-state index contributed by atoms with van der Waals surface area (Å²) in [6, 6.07) is 6.04. The standard InChI is InChI=1S/C11H11ClFN3/c1-16-9(6-14)15-10(11(16)12)7-2-4-8(13)5-3-7/h2-5H,6,14H2,1H3. The van der Waals surface area contributed by atoms with Gasteiger partial charge in [-0.15, -0.1) is 0 Å². The number of hydrogen-bond donors (Lipinski definition) is 1. The SMILES string of the molecule is Cn1c(CN)nc(-c2ccc(F)cc2)c1Cl. The van der Waals surface area contributed by atoms with Crippen LogP contribution in [0.25, 0.3) is 11.3 Å². The number of nitrogens with zero attached hydrogens (tertiary/aromatic N) is 2. The summed E-state index contributed by atoms with van der Waals surface area (Å²) in [6.07, 6.45) is 0. The Morgan fingerprint density at radius 1 is 1.38 bits per heavy atom. The zero-order valence-electron chi connectivity index (χ0n) is 8.74. The van der Waals surface area contributed by atoms with Gasteiger partial charge in [-0.1, -0.05) is 11.6 Å². The summed E-state index contributed by atoms with van der Waals surface area (Å²) in [4.78, 5) is 4.31. The first-order valence-electron chi connectivity index (χ1n) is 4.80. The number of benzene rings is 1. The van der Waals surface area contributed by atoms with Gasteiger partial charge in [0.15, 0.2) is 0 Å². The van der Waals surface area contributed by atoms with Crippen LogP contribution in [0.5, 0.6) is 0 Å². The fourth-order valence-corrected chi connectivity index (χ4v) is 1.75. The molecule has 0 unspecified atom stereocenters. The lowest BCUT2D eigenvalue weighted by Gasteiger charge is -1.98. The molecule has 3 nitrogen and oxygen atoms in total. The minimum atomic E-state index is -0.283. The molecule has 0 saturated heterocycles. The smallest absolute Gasteiger partial charge is 0.136 e. The lowest BCUT2D eigenvalue weighted by Crippen LogP contribution is -2.04. The van der Waals surface area contributed by atoms with Crippen molar-refractivity contribution >= 4 is 11.6 Å². The third-order valence-corrected chi connectivity index (χ3v) is 2.85. The van der Waals surface area contributed by atoms with Crippen LogP contribution in [-0.2, 0) is 13.6 Å². The molecular formula is C11H11ClFN3. The summed E-state index contributed by atoms with van der Waals surface area (Å²) >= 11 is 6.12. The highest BCUT2D eigenvalue weighted by atomic mass is 35.5. The van der Waals surface area contributed by atoms with E-state index in [1.54, 1.807) is 23.7 Å². The highest BCUT2D eigenvalue weighted by molar-refractivity contribution is 6.32. The van der Waals surface area contributed by atoms with Crippen LogP contribution in [0.15, 0.2) is 24.3 Å². The summed E-state index contributed by atoms with van der Waals surface area (Å²) in [5.41, 5.74) is 6.94. The Balaban J connectivity index is 2.52. The zero-order chi connectivity index (χ0) is 11.7. The van der Waals surface area contributed by atoms with Gasteiger partial charge in [0.1, 0.15) is 22.5 Å². The van der Waals surface area contributed by atoms with Gasteiger partial charge in [-0.05, 0) is 24.3 Å². The Morgan fingerprint density at radius 3 is 2.50 bits per heavy atom. The molecule has 1 heterocycles. The first kappa shape index (κ1) is 11.1. The van der Waals surface area contributed by atoms with Gasteiger partial charge in [-0.25, -0.2) is 9.37 Å². The van der Waals surface area contributed by atoms with Gasteiger partial charge in [-0.2, -0.15) is 0 Å². The van der Waals surface area contributed by atoms with Crippen molar-refractivity contribution in [2.75, 3.05) is 0 Å². The predicted octanol–water partition coefficient (Wildman–Crippen LogP) is 2.34. The van der Waals surface area contributed by atoms with E-state index in [9.17, 15) is 4.39 Å². The van der Waals surface area contributed by atoms with Crippen LogP contribution in [0.3, 0.4) is 0 Å². The molecule has 0 aliphatic heterocycles. The van der Waals surface area contributed by atoms with E-state index >= 15 is 0 Å². The Hall–Kier alpha value is -1.39. The van der Waals surface area contributed by atoms with Crippen LogP contribution in [0, 0.1) is 5.82 Å². The Kier molecular flexibility index (Phi) is 2.94. The summed E-state index contributed by atoms with van der Waals surface area (Å²) in [6.45, 7) is 0.317. The van der Waals surface area contributed by atoms with Gasteiger partial charge < -0.3 is 10.3 Å². The number of rotatable bonds is 2. The maximum atomic E-state index is 12.8. The quantitative estimate of drug-likeness (QED) is 0.874. The third kappa shape index (κ3) is 1.81. The number of hydrogen-bond acceptors (Lipinski definition) is 2. The van der Waals surface area contributed by atoms with E-state index < -0.39 is 0 Å². The van der Waals surface area contributed by atoms with Crippen LogP contribution in [0.2, 0.25) is 5.15 Å². The molecule has 1 aromatic carbocycles. The van der Waals surface area contributed by atoms with Crippen molar-refractivity contribution in [3.05, 3.63) is 41.1 Å². The highest BCUT2D eigenvalue weighted by Gasteiger charge is 2.13. The molecule has 2 N–H and O–H groups in total. The largest absolute Gasteiger partial charge is 0.324 e. The van der Waals surface area contributed by atoms with Crippen molar-refractivity contribution in [2.24, 2.45) is 12.8 Å². The van der Waals surface area contributed by atoms with E-state index in [1.807, 2.05) is 0 Å².